The van der Waals surface area contributed by atoms with Crippen molar-refractivity contribution in [3.8, 4) is 0 Å². The van der Waals surface area contributed by atoms with Gasteiger partial charge in [0.15, 0.2) is 0 Å². The maximum Gasteiger partial charge on any atom is 0.274 e. The van der Waals surface area contributed by atoms with Gasteiger partial charge in [0.25, 0.3) is 5.69 Å². The van der Waals surface area contributed by atoms with Crippen LogP contribution in [0, 0.1) is 10.1 Å². The summed E-state index contributed by atoms with van der Waals surface area (Å²) in [6, 6.07) is 4.27. The van der Waals surface area contributed by atoms with Crippen molar-refractivity contribution in [1.29, 1.82) is 0 Å². The summed E-state index contributed by atoms with van der Waals surface area (Å²) in [6.07, 6.45) is 3.06. The van der Waals surface area contributed by atoms with E-state index in [9.17, 15) is 14.9 Å². The summed E-state index contributed by atoms with van der Waals surface area (Å²) in [5.74, 6) is -0.686. The van der Waals surface area contributed by atoms with Crippen LogP contribution in [0.4, 0.5) is 5.69 Å². The Balaban J connectivity index is 2.07. The number of carbonyl (C=O) groups excluding carboxylic acids is 1. The third kappa shape index (κ3) is 3.85. The van der Waals surface area contributed by atoms with Crippen LogP contribution < -0.4 is 5.73 Å². The average Bonchev–Trinajstić information content (AvgIpc) is 2.98. The lowest BCUT2D eigenvalue weighted by molar-refractivity contribution is -0.385. The SMILES string of the molecule is CN(CCn1cncn1)Cc1ccc(C(N)=O)cc1[N+](=O)[O-]. The van der Waals surface area contributed by atoms with Crippen molar-refractivity contribution in [1.82, 2.24) is 19.7 Å². The number of nitrogens with zero attached hydrogens (tertiary/aromatic N) is 5. The highest BCUT2D eigenvalue weighted by Gasteiger charge is 2.17. The van der Waals surface area contributed by atoms with Crippen molar-refractivity contribution >= 4 is 11.6 Å². The van der Waals surface area contributed by atoms with E-state index in [1.807, 2.05) is 11.9 Å². The van der Waals surface area contributed by atoms with Crippen LogP contribution in [0.25, 0.3) is 0 Å². The maximum absolute atomic E-state index is 11.1. The lowest BCUT2D eigenvalue weighted by Crippen LogP contribution is -2.23. The Morgan fingerprint density at radius 1 is 1.50 bits per heavy atom. The highest BCUT2D eigenvalue weighted by Crippen LogP contribution is 2.21. The molecule has 0 aliphatic rings. The number of nitrogens with two attached hydrogens (primary N) is 1. The third-order valence-electron chi connectivity index (χ3n) is 3.18. The number of likely N-dealkylation sites (N-methyl/N-ethyl adjacent to an activating group) is 1. The van der Waals surface area contributed by atoms with Crippen molar-refractivity contribution in [3.05, 3.63) is 52.1 Å². The Morgan fingerprint density at radius 3 is 2.86 bits per heavy atom. The molecule has 1 amide bonds. The molecule has 116 valence electrons. The predicted molar refractivity (Wildman–Crippen MR) is 78.0 cm³/mol. The second kappa shape index (κ2) is 6.76. The lowest BCUT2D eigenvalue weighted by Gasteiger charge is -2.16. The standard InChI is InChI=1S/C13H16N6O3/c1-17(4-5-18-9-15-8-16-18)7-11-3-2-10(13(14)20)6-12(11)19(21)22/h2-3,6,8-9H,4-5,7H2,1H3,(H2,14,20). The van der Waals surface area contributed by atoms with E-state index in [1.165, 1.54) is 18.5 Å². The number of primary amides is 1. The summed E-state index contributed by atoms with van der Waals surface area (Å²) in [6.45, 7) is 1.66. The number of nitro benzene ring substituents is 1. The Bertz CT molecular complexity index is 670. The highest BCUT2D eigenvalue weighted by molar-refractivity contribution is 5.93. The van der Waals surface area contributed by atoms with Gasteiger partial charge < -0.3 is 10.6 Å². The van der Waals surface area contributed by atoms with Gasteiger partial charge in [0.2, 0.25) is 5.91 Å². The van der Waals surface area contributed by atoms with Crippen LogP contribution in [0.1, 0.15) is 15.9 Å². The first kappa shape index (κ1) is 15.6. The summed E-state index contributed by atoms with van der Waals surface area (Å²) in [7, 11) is 1.85. The molecule has 0 atom stereocenters. The van der Waals surface area contributed by atoms with Gasteiger partial charge in [0, 0.05) is 30.3 Å². The first-order valence-electron chi connectivity index (χ1n) is 6.55. The minimum Gasteiger partial charge on any atom is -0.366 e. The summed E-state index contributed by atoms with van der Waals surface area (Å²) in [5.41, 5.74) is 5.69. The molecular weight excluding hydrogens is 288 g/mol. The molecular formula is C13H16N6O3. The Hall–Kier alpha value is -2.81. The molecule has 0 aliphatic carbocycles. The van der Waals surface area contributed by atoms with Crippen LogP contribution in [0.15, 0.2) is 30.9 Å². The van der Waals surface area contributed by atoms with E-state index >= 15 is 0 Å². The number of benzene rings is 1. The minimum atomic E-state index is -0.686. The molecule has 2 aromatic rings. The zero-order valence-electron chi connectivity index (χ0n) is 12.0. The van der Waals surface area contributed by atoms with Gasteiger partial charge in [0.1, 0.15) is 12.7 Å². The first-order valence-corrected chi connectivity index (χ1v) is 6.55. The van der Waals surface area contributed by atoms with Crippen molar-refractivity contribution < 1.29 is 9.72 Å². The fourth-order valence-electron chi connectivity index (χ4n) is 2.01. The largest absolute Gasteiger partial charge is 0.366 e. The lowest BCUT2D eigenvalue weighted by atomic mass is 10.1. The van der Waals surface area contributed by atoms with Gasteiger partial charge in [-0.1, -0.05) is 6.07 Å². The number of hydrogen-bond acceptors (Lipinski definition) is 6. The summed E-state index contributed by atoms with van der Waals surface area (Å²) < 4.78 is 1.68. The van der Waals surface area contributed by atoms with Crippen LogP contribution in [0.2, 0.25) is 0 Å². The first-order chi connectivity index (χ1) is 10.5. The number of rotatable bonds is 7. The molecule has 0 fully saturated rings. The normalized spacial score (nSPS) is 10.8. The van der Waals surface area contributed by atoms with E-state index < -0.39 is 10.8 Å². The number of aromatic nitrogens is 3. The molecule has 2 rings (SSSR count). The average molecular weight is 304 g/mol. The molecule has 0 unspecified atom stereocenters. The van der Waals surface area contributed by atoms with E-state index in [4.69, 9.17) is 5.73 Å². The highest BCUT2D eigenvalue weighted by atomic mass is 16.6. The molecule has 0 bridgehead atoms. The molecule has 0 aliphatic heterocycles. The van der Waals surface area contributed by atoms with E-state index in [0.29, 0.717) is 25.2 Å². The fraction of sp³-hybridized carbons (Fsp3) is 0.308. The molecule has 0 spiro atoms. The van der Waals surface area contributed by atoms with E-state index in [0.717, 1.165) is 0 Å². The summed E-state index contributed by atoms with van der Waals surface area (Å²) >= 11 is 0. The fourth-order valence-corrected chi connectivity index (χ4v) is 2.01. The molecule has 0 saturated heterocycles. The molecule has 1 heterocycles. The summed E-state index contributed by atoms with van der Waals surface area (Å²) in [5, 5.41) is 15.1. The number of carbonyl (C=O) groups is 1. The molecule has 0 radical (unpaired) electrons. The van der Waals surface area contributed by atoms with Crippen molar-refractivity contribution in [2.24, 2.45) is 5.73 Å². The van der Waals surface area contributed by atoms with Crippen LogP contribution in [0.3, 0.4) is 0 Å². The second-order valence-electron chi connectivity index (χ2n) is 4.86. The molecule has 1 aromatic heterocycles. The van der Waals surface area contributed by atoms with Crippen molar-refractivity contribution in [3.63, 3.8) is 0 Å². The predicted octanol–water partition coefficient (Wildman–Crippen LogP) is 0.417. The quantitative estimate of drug-likeness (QED) is 0.584. The van der Waals surface area contributed by atoms with Crippen molar-refractivity contribution in [2.45, 2.75) is 13.1 Å². The zero-order valence-corrected chi connectivity index (χ0v) is 12.0. The maximum atomic E-state index is 11.1. The van der Waals surface area contributed by atoms with Crippen LogP contribution >= 0.6 is 0 Å². The summed E-state index contributed by atoms with van der Waals surface area (Å²) in [4.78, 5) is 27.5. The van der Waals surface area contributed by atoms with Gasteiger partial charge in [-0.15, -0.1) is 0 Å². The molecule has 2 N–H and O–H groups in total. The number of amides is 1. The van der Waals surface area contributed by atoms with E-state index in [1.54, 1.807) is 17.1 Å². The topological polar surface area (TPSA) is 120 Å². The smallest absolute Gasteiger partial charge is 0.274 e. The second-order valence-corrected chi connectivity index (χ2v) is 4.86. The zero-order chi connectivity index (χ0) is 16.1. The molecule has 1 aromatic carbocycles. The number of hydrogen-bond donors (Lipinski definition) is 1. The van der Waals surface area contributed by atoms with Gasteiger partial charge in [-0.2, -0.15) is 5.10 Å². The van der Waals surface area contributed by atoms with Gasteiger partial charge in [-0.3, -0.25) is 19.6 Å². The van der Waals surface area contributed by atoms with Crippen LogP contribution in [-0.2, 0) is 13.1 Å². The van der Waals surface area contributed by atoms with Crippen LogP contribution in [-0.4, -0.2) is 44.1 Å². The molecule has 0 saturated carbocycles. The molecule has 9 heteroatoms. The third-order valence-corrected chi connectivity index (χ3v) is 3.18. The Kier molecular flexibility index (Phi) is 4.79. The van der Waals surface area contributed by atoms with Crippen LogP contribution in [0.5, 0.6) is 0 Å². The van der Waals surface area contributed by atoms with E-state index in [2.05, 4.69) is 10.1 Å². The Labute approximate surface area is 126 Å². The number of nitro groups is 1. The van der Waals surface area contributed by atoms with Crippen molar-refractivity contribution in [2.75, 3.05) is 13.6 Å². The minimum absolute atomic E-state index is 0.107. The van der Waals surface area contributed by atoms with Gasteiger partial charge in [-0.05, 0) is 13.1 Å². The molecule has 9 nitrogen and oxygen atoms in total. The molecule has 22 heavy (non-hydrogen) atoms. The van der Waals surface area contributed by atoms with Gasteiger partial charge in [0.05, 0.1) is 11.5 Å². The van der Waals surface area contributed by atoms with Gasteiger partial charge in [-0.25, -0.2) is 4.98 Å². The Morgan fingerprint density at radius 2 is 2.27 bits per heavy atom. The van der Waals surface area contributed by atoms with Gasteiger partial charge >= 0.3 is 0 Å². The van der Waals surface area contributed by atoms with E-state index in [-0.39, 0.29) is 11.3 Å². The monoisotopic (exact) mass is 304 g/mol.